The summed E-state index contributed by atoms with van der Waals surface area (Å²) in [7, 11) is 0. The fraction of sp³-hybridized carbons (Fsp3) is 0.600. The normalized spacial score (nSPS) is 28.9. The summed E-state index contributed by atoms with van der Waals surface area (Å²) in [5, 5.41) is 0. The lowest BCUT2D eigenvalue weighted by Gasteiger charge is -2.42. The second-order valence-electron chi connectivity index (χ2n) is 4.92. The Bertz CT molecular complexity index is 562. The van der Waals surface area contributed by atoms with Crippen molar-refractivity contribution in [2.24, 2.45) is 0 Å². The predicted molar refractivity (Wildman–Crippen MR) is 75.9 cm³/mol. The van der Waals surface area contributed by atoms with Crippen molar-refractivity contribution < 1.29 is 42.9 Å². The van der Waals surface area contributed by atoms with Crippen molar-refractivity contribution in [1.82, 2.24) is 0 Å². The average molecular weight is 342 g/mol. The van der Waals surface area contributed by atoms with Crippen LogP contribution < -0.4 is 0 Å². The molecule has 1 saturated heterocycles. The smallest absolute Gasteiger partial charge is 0.305 e. The molecule has 1 unspecified atom stereocenters. The van der Waals surface area contributed by atoms with Gasteiger partial charge in [-0.15, -0.1) is 6.42 Å². The molecular formula is C15H18O9. The van der Waals surface area contributed by atoms with E-state index in [1.165, 1.54) is 0 Å². The first-order valence-corrected chi connectivity index (χ1v) is 6.96. The quantitative estimate of drug-likeness (QED) is 0.386. The molecule has 9 nitrogen and oxygen atoms in total. The van der Waals surface area contributed by atoms with Gasteiger partial charge < -0.3 is 23.7 Å². The number of terminal acetylenes is 1. The maximum atomic E-state index is 11.4. The van der Waals surface area contributed by atoms with Crippen LogP contribution in [0.25, 0.3) is 0 Å². The molecule has 1 heterocycles. The highest BCUT2D eigenvalue weighted by molar-refractivity contribution is 5.69. The zero-order valence-electron chi connectivity index (χ0n) is 13.6. The van der Waals surface area contributed by atoms with Gasteiger partial charge in [-0.2, -0.15) is 0 Å². The highest BCUT2D eigenvalue weighted by Crippen LogP contribution is 2.29. The molecule has 0 radical (unpaired) electrons. The van der Waals surface area contributed by atoms with E-state index in [1.54, 1.807) is 0 Å². The van der Waals surface area contributed by atoms with Crippen LogP contribution >= 0.6 is 0 Å². The molecule has 0 saturated carbocycles. The largest absolute Gasteiger partial charge is 0.455 e. The van der Waals surface area contributed by atoms with E-state index in [4.69, 9.17) is 30.1 Å². The highest BCUT2D eigenvalue weighted by Gasteiger charge is 2.52. The lowest BCUT2D eigenvalue weighted by Crippen LogP contribution is -2.61. The fourth-order valence-electron chi connectivity index (χ4n) is 2.17. The second-order valence-corrected chi connectivity index (χ2v) is 4.92. The van der Waals surface area contributed by atoms with Gasteiger partial charge in [-0.3, -0.25) is 19.2 Å². The van der Waals surface area contributed by atoms with E-state index in [9.17, 15) is 19.2 Å². The number of esters is 4. The summed E-state index contributed by atoms with van der Waals surface area (Å²) in [6, 6.07) is 0. The first-order valence-electron chi connectivity index (χ1n) is 6.96. The Balaban J connectivity index is 3.26. The topological polar surface area (TPSA) is 114 Å². The lowest BCUT2D eigenvalue weighted by molar-refractivity contribution is -0.286. The zero-order chi connectivity index (χ0) is 18.4. The van der Waals surface area contributed by atoms with Gasteiger partial charge in [0.1, 0.15) is 0 Å². The van der Waals surface area contributed by atoms with Crippen LogP contribution in [0.5, 0.6) is 0 Å². The monoisotopic (exact) mass is 342 g/mol. The molecule has 0 aromatic heterocycles. The van der Waals surface area contributed by atoms with E-state index in [1.807, 2.05) is 0 Å². The summed E-state index contributed by atoms with van der Waals surface area (Å²) < 4.78 is 25.5. The highest BCUT2D eigenvalue weighted by atomic mass is 16.7. The number of carbonyl (C=O) groups is 4. The average Bonchev–Trinajstić information content (AvgIpc) is 2.42. The van der Waals surface area contributed by atoms with Crippen LogP contribution in [0.4, 0.5) is 0 Å². The molecule has 0 N–H and O–H groups in total. The minimum absolute atomic E-state index is 0.714. The molecule has 1 rings (SSSR count). The predicted octanol–water partition coefficient (Wildman–Crippen LogP) is -0.297. The summed E-state index contributed by atoms with van der Waals surface area (Å²) in [6.07, 6.45) is -1.18. The minimum Gasteiger partial charge on any atom is -0.455 e. The lowest BCUT2D eigenvalue weighted by atomic mass is 9.98. The molecule has 0 aromatic carbocycles. The standard InChI is InChI=1S/C15H18O9/c1-6-11-12(20-7(2)16)13(21-8(3)17)14(22-9(4)18)15(24-11)23-10(5)19/h1,11-15H,2-5H3/t11-,12-,13+,14+,15?/m1/s1. The van der Waals surface area contributed by atoms with E-state index >= 15 is 0 Å². The molecule has 1 aliphatic heterocycles. The van der Waals surface area contributed by atoms with E-state index in [2.05, 4.69) is 5.92 Å². The van der Waals surface area contributed by atoms with Crippen molar-refractivity contribution in [2.75, 3.05) is 0 Å². The number of carbonyl (C=O) groups excluding carboxylic acids is 4. The van der Waals surface area contributed by atoms with Crippen LogP contribution in [0.15, 0.2) is 0 Å². The molecule has 132 valence electrons. The Kier molecular flexibility index (Phi) is 6.73. The molecule has 5 atom stereocenters. The Labute approximate surface area is 138 Å². The summed E-state index contributed by atoms with van der Waals surface area (Å²) >= 11 is 0. The van der Waals surface area contributed by atoms with Gasteiger partial charge >= 0.3 is 23.9 Å². The van der Waals surface area contributed by atoms with Crippen LogP contribution in [0.2, 0.25) is 0 Å². The van der Waals surface area contributed by atoms with E-state index < -0.39 is 54.6 Å². The van der Waals surface area contributed by atoms with Crippen molar-refractivity contribution in [2.45, 2.75) is 58.4 Å². The Morgan fingerprint density at radius 2 is 1.17 bits per heavy atom. The maximum absolute atomic E-state index is 11.4. The number of hydrogen-bond acceptors (Lipinski definition) is 9. The Morgan fingerprint density at radius 3 is 1.58 bits per heavy atom. The second kappa shape index (κ2) is 8.31. The molecular weight excluding hydrogens is 324 g/mol. The Morgan fingerprint density at radius 1 is 0.750 bits per heavy atom. The molecule has 1 aliphatic rings. The number of hydrogen-bond donors (Lipinski definition) is 0. The van der Waals surface area contributed by atoms with Crippen molar-refractivity contribution in [3.8, 4) is 12.3 Å². The van der Waals surface area contributed by atoms with Crippen molar-refractivity contribution in [3.63, 3.8) is 0 Å². The van der Waals surface area contributed by atoms with Gasteiger partial charge in [0.15, 0.2) is 18.3 Å². The van der Waals surface area contributed by atoms with Crippen LogP contribution in [-0.4, -0.2) is 54.6 Å². The summed E-state index contributed by atoms with van der Waals surface area (Å²) in [5.41, 5.74) is 0. The molecule has 1 fully saturated rings. The Hall–Kier alpha value is -2.60. The molecule has 9 heteroatoms. The van der Waals surface area contributed by atoms with Crippen LogP contribution in [-0.2, 0) is 42.9 Å². The van der Waals surface area contributed by atoms with Gasteiger partial charge in [0.2, 0.25) is 12.4 Å². The molecule has 0 bridgehead atoms. The van der Waals surface area contributed by atoms with Crippen LogP contribution in [0.3, 0.4) is 0 Å². The number of rotatable bonds is 4. The molecule has 0 aliphatic carbocycles. The van der Waals surface area contributed by atoms with Gasteiger partial charge in [0.25, 0.3) is 0 Å². The van der Waals surface area contributed by atoms with Gasteiger partial charge in [-0.25, -0.2) is 0 Å². The zero-order valence-corrected chi connectivity index (χ0v) is 13.6. The molecule has 0 aromatic rings. The van der Waals surface area contributed by atoms with Gasteiger partial charge in [0, 0.05) is 27.7 Å². The third kappa shape index (κ3) is 5.24. The summed E-state index contributed by atoms with van der Waals surface area (Å²) in [6.45, 7) is 4.44. The van der Waals surface area contributed by atoms with Crippen molar-refractivity contribution in [3.05, 3.63) is 0 Å². The summed E-state index contributed by atoms with van der Waals surface area (Å²) in [4.78, 5) is 45.3. The van der Waals surface area contributed by atoms with Crippen LogP contribution in [0.1, 0.15) is 27.7 Å². The van der Waals surface area contributed by atoms with E-state index in [-0.39, 0.29) is 0 Å². The van der Waals surface area contributed by atoms with Gasteiger partial charge in [-0.1, -0.05) is 5.92 Å². The van der Waals surface area contributed by atoms with E-state index in [0.717, 1.165) is 27.7 Å². The SMILES string of the molecule is C#C[C@H]1OC(OC(C)=O)[C@@H](OC(C)=O)[C@@H](OC(C)=O)[C@@H]1OC(C)=O. The molecule has 0 amide bonds. The minimum atomic E-state index is -1.43. The van der Waals surface area contributed by atoms with Gasteiger partial charge in [0.05, 0.1) is 0 Å². The van der Waals surface area contributed by atoms with Gasteiger partial charge in [-0.05, 0) is 0 Å². The number of ether oxygens (including phenoxy) is 5. The van der Waals surface area contributed by atoms with Crippen molar-refractivity contribution in [1.29, 1.82) is 0 Å². The molecule has 0 spiro atoms. The third-order valence-electron chi connectivity index (χ3n) is 2.85. The molecule has 24 heavy (non-hydrogen) atoms. The first kappa shape index (κ1) is 19.4. The third-order valence-corrected chi connectivity index (χ3v) is 2.85. The summed E-state index contributed by atoms with van der Waals surface area (Å²) in [5.74, 6) is -0.726. The van der Waals surface area contributed by atoms with Crippen LogP contribution in [0, 0.1) is 12.3 Å². The first-order chi connectivity index (χ1) is 11.1. The maximum Gasteiger partial charge on any atom is 0.305 e. The van der Waals surface area contributed by atoms with E-state index in [0.29, 0.717) is 0 Å². The fourth-order valence-corrected chi connectivity index (χ4v) is 2.17. The van der Waals surface area contributed by atoms with Crippen molar-refractivity contribution >= 4 is 23.9 Å².